The van der Waals surface area contributed by atoms with Crippen LogP contribution in [0.25, 0.3) is 0 Å². The van der Waals surface area contributed by atoms with Crippen molar-refractivity contribution in [1.29, 1.82) is 5.26 Å². The van der Waals surface area contributed by atoms with E-state index in [0.717, 1.165) is 25.2 Å². The summed E-state index contributed by atoms with van der Waals surface area (Å²) in [7, 11) is 1.97. The summed E-state index contributed by atoms with van der Waals surface area (Å²) in [6.45, 7) is 3.10. The van der Waals surface area contributed by atoms with Crippen LogP contribution in [0.3, 0.4) is 0 Å². The van der Waals surface area contributed by atoms with E-state index in [-0.39, 0.29) is 0 Å². The zero-order valence-corrected chi connectivity index (χ0v) is 8.56. The first-order chi connectivity index (χ1) is 6.77. The highest BCUT2D eigenvalue weighted by Gasteiger charge is 2.02. The summed E-state index contributed by atoms with van der Waals surface area (Å²) in [5.74, 6) is 0.810. The molecule has 0 atom stereocenters. The van der Waals surface area contributed by atoms with Gasteiger partial charge in [0.05, 0.1) is 0 Å². The van der Waals surface area contributed by atoms with Crippen molar-refractivity contribution in [2.45, 2.75) is 19.8 Å². The zero-order valence-electron chi connectivity index (χ0n) is 8.56. The minimum Gasteiger partial charge on any atom is -0.360 e. The average molecular weight is 190 g/mol. The molecule has 0 aliphatic heterocycles. The van der Waals surface area contributed by atoms with Gasteiger partial charge in [0, 0.05) is 19.7 Å². The summed E-state index contributed by atoms with van der Waals surface area (Å²) in [5, 5.41) is 8.66. The molecule has 1 aromatic rings. The summed E-state index contributed by atoms with van der Waals surface area (Å²) < 4.78 is 0. The van der Waals surface area contributed by atoms with Crippen molar-refractivity contribution < 1.29 is 0 Å². The molecule has 1 aromatic heterocycles. The van der Waals surface area contributed by atoms with E-state index < -0.39 is 0 Å². The van der Waals surface area contributed by atoms with Crippen LogP contribution in [0, 0.1) is 11.3 Å². The van der Waals surface area contributed by atoms with Gasteiger partial charge in [-0.05, 0) is 6.42 Å². The largest absolute Gasteiger partial charge is 0.360 e. The van der Waals surface area contributed by atoms with Crippen molar-refractivity contribution in [2.75, 3.05) is 18.5 Å². The minimum atomic E-state index is 0.415. The van der Waals surface area contributed by atoms with E-state index in [2.05, 4.69) is 16.9 Å². The number of aromatic nitrogens is 2. The Kier molecular flexibility index (Phi) is 3.86. The molecule has 0 fully saturated rings. The molecule has 0 amide bonds. The van der Waals surface area contributed by atoms with E-state index in [1.165, 1.54) is 6.33 Å². The number of rotatable bonds is 4. The van der Waals surface area contributed by atoms with E-state index in [9.17, 15) is 0 Å². The topological polar surface area (TPSA) is 52.8 Å². The Morgan fingerprint density at radius 1 is 1.50 bits per heavy atom. The van der Waals surface area contributed by atoms with Gasteiger partial charge in [0.25, 0.3) is 0 Å². The molecular weight excluding hydrogens is 176 g/mol. The Bertz CT molecular complexity index is 329. The van der Waals surface area contributed by atoms with Crippen LogP contribution in [0.4, 0.5) is 5.82 Å². The summed E-state index contributed by atoms with van der Waals surface area (Å²) in [6, 6.07) is 3.70. The van der Waals surface area contributed by atoms with Crippen LogP contribution < -0.4 is 4.90 Å². The molecule has 0 aliphatic rings. The highest BCUT2D eigenvalue weighted by Crippen LogP contribution is 2.08. The Balaban J connectivity index is 2.70. The highest BCUT2D eigenvalue weighted by atomic mass is 15.2. The van der Waals surface area contributed by atoms with Crippen molar-refractivity contribution in [3.63, 3.8) is 0 Å². The molecule has 1 heterocycles. The average Bonchev–Trinajstić information content (AvgIpc) is 2.26. The first-order valence-electron chi connectivity index (χ1n) is 4.71. The number of unbranched alkanes of at least 4 members (excludes halogenated alkanes) is 1. The Labute approximate surface area is 84.2 Å². The lowest BCUT2D eigenvalue weighted by molar-refractivity contribution is 0.758. The van der Waals surface area contributed by atoms with Gasteiger partial charge < -0.3 is 4.90 Å². The van der Waals surface area contributed by atoms with Crippen molar-refractivity contribution in [2.24, 2.45) is 0 Å². The fraction of sp³-hybridized carbons (Fsp3) is 0.500. The second-order valence-electron chi connectivity index (χ2n) is 3.15. The van der Waals surface area contributed by atoms with Crippen molar-refractivity contribution in [3.8, 4) is 6.07 Å². The highest BCUT2D eigenvalue weighted by molar-refractivity contribution is 5.40. The molecule has 0 saturated carbocycles. The van der Waals surface area contributed by atoms with E-state index in [4.69, 9.17) is 5.26 Å². The molecular formula is C10H14N4. The van der Waals surface area contributed by atoms with E-state index in [1.807, 2.05) is 18.0 Å². The third kappa shape index (κ3) is 2.70. The quantitative estimate of drug-likeness (QED) is 0.723. The fourth-order valence-corrected chi connectivity index (χ4v) is 1.13. The number of hydrogen-bond donors (Lipinski definition) is 0. The third-order valence-electron chi connectivity index (χ3n) is 2.01. The summed E-state index contributed by atoms with van der Waals surface area (Å²) in [4.78, 5) is 9.96. The molecule has 4 heteroatoms. The van der Waals surface area contributed by atoms with Gasteiger partial charge in [-0.25, -0.2) is 9.97 Å². The van der Waals surface area contributed by atoms with Gasteiger partial charge in [0.15, 0.2) is 0 Å². The first kappa shape index (κ1) is 10.5. The molecule has 0 unspecified atom stereocenters. The second-order valence-corrected chi connectivity index (χ2v) is 3.15. The molecule has 14 heavy (non-hydrogen) atoms. The van der Waals surface area contributed by atoms with E-state index in [0.29, 0.717) is 5.69 Å². The molecule has 4 nitrogen and oxygen atoms in total. The lowest BCUT2D eigenvalue weighted by Gasteiger charge is -2.16. The smallest absolute Gasteiger partial charge is 0.145 e. The molecule has 0 radical (unpaired) electrons. The van der Waals surface area contributed by atoms with Gasteiger partial charge >= 0.3 is 0 Å². The van der Waals surface area contributed by atoms with Crippen LogP contribution in [0.5, 0.6) is 0 Å². The van der Waals surface area contributed by atoms with Gasteiger partial charge in [-0.1, -0.05) is 13.3 Å². The molecule has 0 bridgehead atoms. The Morgan fingerprint density at radius 3 is 2.93 bits per heavy atom. The van der Waals surface area contributed by atoms with Gasteiger partial charge in [-0.2, -0.15) is 5.26 Å². The predicted molar refractivity (Wildman–Crippen MR) is 54.9 cm³/mol. The van der Waals surface area contributed by atoms with Crippen LogP contribution >= 0.6 is 0 Å². The fourth-order valence-electron chi connectivity index (χ4n) is 1.13. The van der Waals surface area contributed by atoms with Crippen LogP contribution in [0.15, 0.2) is 12.4 Å². The summed E-state index contributed by atoms with van der Waals surface area (Å²) >= 11 is 0. The molecule has 1 rings (SSSR count). The lowest BCUT2D eigenvalue weighted by atomic mass is 10.3. The van der Waals surface area contributed by atoms with Crippen molar-refractivity contribution in [1.82, 2.24) is 9.97 Å². The Morgan fingerprint density at radius 2 is 2.29 bits per heavy atom. The predicted octanol–water partition coefficient (Wildman–Crippen LogP) is 1.58. The summed E-state index contributed by atoms with van der Waals surface area (Å²) in [6.07, 6.45) is 3.71. The van der Waals surface area contributed by atoms with E-state index >= 15 is 0 Å². The number of anilines is 1. The maximum Gasteiger partial charge on any atom is 0.145 e. The van der Waals surface area contributed by atoms with Gasteiger partial charge in [0.1, 0.15) is 23.9 Å². The number of hydrogen-bond acceptors (Lipinski definition) is 4. The SMILES string of the molecule is CCCCN(C)c1cc(C#N)ncn1. The van der Waals surface area contributed by atoms with Crippen molar-refractivity contribution >= 4 is 5.82 Å². The second kappa shape index (κ2) is 5.18. The number of nitriles is 1. The lowest BCUT2D eigenvalue weighted by Crippen LogP contribution is -2.19. The first-order valence-corrected chi connectivity index (χ1v) is 4.71. The van der Waals surface area contributed by atoms with Crippen molar-refractivity contribution in [3.05, 3.63) is 18.1 Å². The van der Waals surface area contributed by atoms with Crippen LogP contribution in [0.1, 0.15) is 25.5 Å². The Hall–Kier alpha value is -1.63. The van der Waals surface area contributed by atoms with Gasteiger partial charge in [-0.15, -0.1) is 0 Å². The third-order valence-corrected chi connectivity index (χ3v) is 2.01. The maximum absolute atomic E-state index is 8.66. The molecule has 74 valence electrons. The standard InChI is InChI=1S/C10H14N4/c1-3-4-5-14(2)10-6-9(7-11)12-8-13-10/h6,8H,3-5H2,1-2H3. The molecule has 0 saturated heterocycles. The monoisotopic (exact) mass is 190 g/mol. The minimum absolute atomic E-state index is 0.415. The molecule has 0 aliphatic carbocycles. The van der Waals surface area contributed by atoms with Crippen LogP contribution in [0.2, 0.25) is 0 Å². The van der Waals surface area contributed by atoms with Crippen LogP contribution in [-0.2, 0) is 0 Å². The van der Waals surface area contributed by atoms with Crippen LogP contribution in [-0.4, -0.2) is 23.6 Å². The van der Waals surface area contributed by atoms with Gasteiger partial charge in [0.2, 0.25) is 0 Å². The zero-order chi connectivity index (χ0) is 10.4. The van der Waals surface area contributed by atoms with E-state index in [1.54, 1.807) is 6.07 Å². The molecule has 0 N–H and O–H groups in total. The molecule has 0 aromatic carbocycles. The maximum atomic E-state index is 8.66. The molecule has 0 spiro atoms. The van der Waals surface area contributed by atoms with Gasteiger partial charge in [-0.3, -0.25) is 0 Å². The summed E-state index contributed by atoms with van der Waals surface area (Å²) in [5.41, 5.74) is 0.415. The number of nitrogens with zero attached hydrogens (tertiary/aromatic N) is 4. The normalized spacial score (nSPS) is 9.50.